The summed E-state index contributed by atoms with van der Waals surface area (Å²) in [7, 11) is 0. The van der Waals surface area contributed by atoms with Gasteiger partial charge in [0.05, 0.1) is 26.2 Å². The van der Waals surface area contributed by atoms with Crippen LogP contribution in [0.15, 0.2) is 0 Å². The lowest BCUT2D eigenvalue weighted by molar-refractivity contribution is -0.929. The first kappa shape index (κ1) is 23.7. The normalized spacial score (nSPS) is 11.4. The fourth-order valence-corrected chi connectivity index (χ4v) is 3.12. The Morgan fingerprint density at radius 3 is 1.33 bits per heavy atom. The minimum absolute atomic E-state index is 0. The van der Waals surface area contributed by atoms with Crippen molar-refractivity contribution in [2.24, 2.45) is 0 Å². The fourth-order valence-electron chi connectivity index (χ4n) is 3.12. The lowest BCUT2D eigenvalue weighted by Crippen LogP contribution is -3.00. The van der Waals surface area contributed by atoms with E-state index in [0.29, 0.717) is 6.61 Å². The molecular weight excluding hydrogens is 326 g/mol. The van der Waals surface area contributed by atoms with Gasteiger partial charge >= 0.3 is 0 Å². The number of hydrogen-bond donors (Lipinski definition) is 1. The Kier molecular flexibility index (Phi) is 18.9. The first-order chi connectivity index (χ1) is 9.74. The molecule has 0 aromatic carbocycles. The third-order valence-electron chi connectivity index (χ3n) is 4.50. The van der Waals surface area contributed by atoms with E-state index in [1.807, 2.05) is 0 Å². The van der Waals surface area contributed by atoms with Gasteiger partial charge in [0.2, 0.25) is 0 Å². The number of halogens is 1. The van der Waals surface area contributed by atoms with Gasteiger partial charge in [0.15, 0.2) is 0 Å². The largest absolute Gasteiger partial charge is 1.00 e. The molecule has 0 aliphatic heterocycles. The number of hydrogen-bond acceptors (Lipinski definition) is 1. The van der Waals surface area contributed by atoms with E-state index in [-0.39, 0.29) is 17.0 Å². The highest BCUT2D eigenvalue weighted by molar-refractivity contribution is 4.51. The van der Waals surface area contributed by atoms with Crippen molar-refractivity contribution in [2.75, 3.05) is 32.8 Å². The van der Waals surface area contributed by atoms with Crippen LogP contribution in [0.25, 0.3) is 0 Å². The summed E-state index contributed by atoms with van der Waals surface area (Å²) in [6.45, 7) is 12.6. The van der Waals surface area contributed by atoms with Gasteiger partial charge in [-0.15, -0.1) is 0 Å². The third-order valence-corrected chi connectivity index (χ3v) is 4.50. The predicted molar refractivity (Wildman–Crippen MR) is 90.0 cm³/mol. The van der Waals surface area contributed by atoms with Gasteiger partial charge < -0.3 is 26.6 Å². The molecule has 0 aliphatic rings. The molecule has 0 fully saturated rings. The van der Waals surface area contributed by atoms with E-state index in [1.54, 1.807) is 0 Å². The van der Waals surface area contributed by atoms with Crippen molar-refractivity contribution in [2.45, 2.75) is 85.0 Å². The molecule has 130 valence electrons. The molecule has 0 aliphatic carbocycles. The molecule has 21 heavy (non-hydrogen) atoms. The Balaban J connectivity index is 0. The van der Waals surface area contributed by atoms with E-state index < -0.39 is 0 Å². The Morgan fingerprint density at radius 1 is 0.571 bits per heavy atom. The SMILES string of the molecule is CCCCC[N+](CCCC)(CCCCC)CCCCO.[Br-]. The lowest BCUT2D eigenvalue weighted by atomic mass is 10.1. The second-order valence-corrected chi connectivity index (χ2v) is 6.43. The van der Waals surface area contributed by atoms with E-state index in [9.17, 15) is 0 Å². The molecule has 0 spiro atoms. The molecule has 1 N–H and O–H groups in total. The maximum atomic E-state index is 9.06. The molecule has 0 bridgehead atoms. The number of aliphatic hydroxyl groups is 1. The first-order valence-electron chi connectivity index (χ1n) is 9.20. The van der Waals surface area contributed by atoms with Crippen molar-refractivity contribution in [3.8, 4) is 0 Å². The summed E-state index contributed by atoms with van der Waals surface area (Å²) >= 11 is 0. The standard InChI is InChI=1S/C18H40NO.BrH/c1-4-7-10-15-19(14-9-6-3,16-11-8-5-2)17-12-13-18-20;/h20H,4-18H2,1-3H3;1H/q+1;/p-1. The first-order valence-corrected chi connectivity index (χ1v) is 9.20. The van der Waals surface area contributed by atoms with E-state index >= 15 is 0 Å². The Bertz CT molecular complexity index is 173. The van der Waals surface area contributed by atoms with E-state index in [1.165, 1.54) is 88.4 Å². The molecule has 0 unspecified atom stereocenters. The zero-order valence-corrected chi connectivity index (χ0v) is 16.5. The van der Waals surface area contributed by atoms with Crippen molar-refractivity contribution in [1.82, 2.24) is 0 Å². The molecule has 0 amide bonds. The number of aliphatic hydroxyl groups excluding tert-OH is 1. The third kappa shape index (κ3) is 12.6. The van der Waals surface area contributed by atoms with Crippen LogP contribution in [0.2, 0.25) is 0 Å². The maximum absolute atomic E-state index is 9.06. The molecule has 3 heteroatoms. The molecule has 2 nitrogen and oxygen atoms in total. The van der Waals surface area contributed by atoms with E-state index in [2.05, 4.69) is 20.8 Å². The summed E-state index contributed by atoms with van der Waals surface area (Å²) in [6, 6.07) is 0. The zero-order chi connectivity index (χ0) is 15.1. The van der Waals surface area contributed by atoms with Crippen LogP contribution in [0.4, 0.5) is 0 Å². The van der Waals surface area contributed by atoms with Gasteiger partial charge in [-0.05, 0) is 44.9 Å². The minimum Gasteiger partial charge on any atom is -1.00 e. The molecule has 0 saturated heterocycles. The van der Waals surface area contributed by atoms with Crippen LogP contribution < -0.4 is 17.0 Å². The van der Waals surface area contributed by atoms with E-state index in [4.69, 9.17) is 5.11 Å². The second kappa shape index (κ2) is 16.8. The molecule has 0 aromatic rings. The summed E-state index contributed by atoms with van der Waals surface area (Å²) < 4.78 is 1.33. The lowest BCUT2D eigenvalue weighted by Gasteiger charge is -2.39. The average molecular weight is 366 g/mol. The number of nitrogens with zero attached hydrogens (tertiary/aromatic N) is 1. The van der Waals surface area contributed by atoms with Crippen molar-refractivity contribution >= 4 is 0 Å². The van der Waals surface area contributed by atoms with Gasteiger partial charge in [-0.3, -0.25) is 0 Å². The van der Waals surface area contributed by atoms with Crippen molar-refractivity contribution < 1.29 is 26.6 Å². The highest BCUT2D eigenvalue weighted by Crippen LogP contribution is 2.17. The summed E-state index contributed by atoms with van der Waals surface area (Å²) in [5.74, 6) is 0. The van der Waals surface area contributed by atoms with Crippen LogP contribution in [0.5, 0.6) is 0 Å². The monoisotopic (exact) mass is 365 g/mol. The quantitative estimate of drug-likeness (QED) is 0.346. The van der Waals surface area contributed by atoms with Gasteiger partial charge in [-0.2, -0.15) is 0 Å². The average Bonchev–Trinajstić information content (AvgIpc) is 2.46. The molecule has 0 rings (SSSR count). The molecule has 0 atom stereocenters. The Labute approximate surface area is 144 Å². The van der Waals surface area contributed by atoms with Crippen LogP contribution in [0.1, 0.15) is 85.0 Å². The summed E-state index contributed by atoms with van der Waals surface area (Å²) in [5, 5.41) is 9.06. The maximum Gasteiger partial charge on any atom is 0.0787 e. The smallest absolute Gasteiger partial charge is 0.0787 e. The number of quaternary nitrogens is 1. The van der Waals surface area contributed by atoms with Crippen LogP contribution in [0.3, 0.4) is 0 Å². The van der Waals surface area contributed by atoms with Crippen molar-refractivity contribution in [3.05, 3.63) is 0 Å². The highest BCUT2D eigenvalue weighted by Gasteiger charge is 2.25. The summed E-state index contributed by atoms with van der Waals surface area (Å²) in [5.41, 5.74) is 0. The predicted octanol–water partition coefficient (Wildman–Crippen LogP) is 1.76. The summed E-state index contributed by atoms with van der Waals surface area (Å²) in [4.78, 5) is 0. The van der Waals surface area contributed by atoms with Crippen LogP contribution in [-0.4, -0.2) is 42.4 Å². The Hall–Kier alpha value is 0.400. The van der Waals surface area contributed by atoms with Gasteiger partial charge in [0, 0.05) is 6.61 Å². The molecule has 0 radical (unpaired) electrons. The van der Waals surface area contributed by atoms with Gasteiger partial charge in [-0.1, -0.05) is 40.0 Å². The van der Waals surface area contributed by atoms with Gasteiger partial charge in [0.1, 0.15) is 0 Å². The van der Waals surface area contributed by atoms with Crippen LogP contribution in [-0.2, 0) is 0 Å². The number of unbranched alkanes of at least 4 members (excludes halogenated alkanes) is 6. The highest BCUT2D eigenvalue weighted by atomic mass is 79.9. The van der Waals surface area contributed by atoms with Crippen molar-refractivity contribution in [3.63, 3.8) is 0 Å². The van der Waals surface area contributed by atoms with Crippen LogP contribution >= 0.6 is 0 Å². The molecule has 0 saturated carbocycles. The van der Waals surface area contributed by atoms with Crippen molar-refractivity contribution in [1.29, 1.82) is 0 Å². The van der Waals surface area contributed by atoms with E-state index in [0.717, 1.165) is 6.42 Å². The topological polar surface area (TPSA) is 20.2 Å². The minimum atomic E-state index is 0. The van der Waals surface area contributed by atoms with Gasteiger partial charge in [0.25, 0.3) is 0 Å². The second-order valence-electron chi connectivity index (χ2n) is 6.43. The number of rotatable bonds is 15. The Morgan fingerprint density at radius 2 is 0.952 bits per heavy atom. The molecular formula is C18H40BrNO. The molecule has 0 aromatic heterocycles. The summed E-state index contributed by atoms with van der Waals surface area (Å²) in [6.07, 6.45) is 13.0. The van der Waals surface area contributed by atoms with Gasteiger partial charge in [-0.25, -0.2) is 0 Å². The zero-order valence-electron chi connectivity index (χ0n) is 14.9. The van der Waals surface area contributed by atoms with Crippen LogP contribution in [0, 0.1) is 0 Å². The fraction of sp³-hybridized carbons (Fsp3) is 1.00. The molecule has 0 heterocycles.